The summed E-state index contributed by atoms with van der Waals surface area (Å²) in [7, 11) is 0. The molecular weight excluding hydrogens is 182 g/mol. The summed E-state index contributed by atoms with van der Waals surface area (Å²) >= 11 is 1.81. The summed E-state index contributed by atoms with van der Waals surface area (Å²) in [6.45, 7) is 2.10. The lowest BCUT2D eigenvalue weighted by Gasteiger charge is -2.06. The van der Waals surface area contributed by atoms with Crippen LogP contribution in [0, 0.1) is 0 Å². The Bertz CT molecular complexity index is 228. The third-order valence-corrected chi connectivity index (χ3v) is 2.89. The van der Waals surface area contributed by atoms with Gasteiger partial charge in [0.2, 0.25) is 0 Å². The minimum absolute atomic E-state index is 0.307. The zero-order valence-corrected chi connectivity index (χ0v) is 8.63. The van der Waals surface area contributed by atoms with Crippen molar-refractivity contribution in [2.45, 2.75) is 25.1 Å². The van der Waals surface area contributed by atoms with Crippen LogP contribution < -0.4 is 5.73 Å². The van der Waals surface area contributed by atoms with Crippen molar-refractivity contribution in [1.82, 2.24) is 9.97 Å². The van der Waals surface area contributed by atoms with E-state index in [-0.39, 0.29) is 0 Å². The zero-order chi connectivity index (χ0) is 9.52. The number of rotatable bonds is 5. The van der Waals surface area contributed by atoms with Crippen molar-refractivity contribution < 1.29 is 0 Å². The average molecular weight is 197 g/mol. The van der Waals surface area contributed by atoms with Gasteiger partial charge in [-0.1, -0.05) is 6.92 Å². The van der Waals surface area contributed by atoms with Crippen LogP contribution in [0.3, 0.4) is 0 Å². The molecule has 0 saturated carbocycles. The molecule has 0 spiro atoms. The molecule has 1 atom stereocenters. The predicted octanol–water partition coefficient (Wildman–Crippen LogP) is 1.45. The highest BCUT2D eigenvalue weighted by molar-refractivity contribution is 7.98. The van der Waals surface area contributed by atoms with Crippen LogP contribution in [-0.4, -0.2) is 21.8 Å². The van der Waals surface area contributed by atoms with Crippen LogP contribution in [0.15, 0.2) is 18.6 Å². The molecule has 0 amide bonds. The molecule has 0 aliphatic rings. The van der Waals surface area contributed by atoms with Crippen molar-refractivity contribution in [3.8, 4) is 0 Å². The van der Waals surface area contributed by atoms with Gasteiger partial charge in [-0.2, -0.15) is 11.8 Å². The second-order valence-corrected chi connectivity index (χ2v) is 3.91. The van der Waals surface area contributed by atoms with Crippen molar-refractivity contribution in [3.05, 3.63) is 24.3 Å². The number of nitrogens with zero attached hydrogens (tertiary/aromatic N) is 2. The van der Waals surface area contributed by atoms with Crippen molar-refractivity contribution in [2.75, 3.05) is 5.75 Å². The normalized spacial score (nSPS) is 12.8. The Morgan fingerprint density at radius 2 is 2.38 bits per heavy atom. The molecule has 0 aliphatic carbocycles. The van der Waals surface area contributed by atoms with Gasteiger partial charge >= 0.3 is 0 Å². The molecule has 2 N–H and O–H groups in total. The summed E-state index contributed by atoms with van der Waals surface area (Å²) in [6.07, 6.45) is 6.24. The van der Waals surface area contributed by atoms with Crippen molar-refractivity contribution in [3.63, 3.8) is 0 Å². The van der Waals surface area contributed by atoms with E-state index >= 15 is 0 Å². The van der Waals surface area contributed by atoms with E-state index in [4.69, 9.17) is 5.73 Å². The lowest BCUT2D eigenvalue weighted by atomic mass is 10.3. The first kappa shape index (κ1) is 10.5. The second kappa shape index (κ2) is 5.94. The van der Waals surface area contributed by atoms with E-state index in [1.54, 1.807) is 18.6 Å². The molecule has 0 aliphatic heterocycles. The van der Waals surface area contributed by atoms with E-state index < -0.39 is 0 Å². The summed E-state index contributed by atoms with van der Waals surface area (Å²) < 4.78 is 0. The fourth-order valence-corrected chi connectivity index (χ4v) is 1.85. The van der Waals surface area contributed by atoms with Gasteiger partial charge in [-0.05, 0) is 6.42 Å². The van der Waals surface area contributed by atoms with Gasteiger partial charge in [-0.25, -0.2) is 0 Å². The number of hydrogen-bond donors (Lipinski definition) is 1. The molecule has 0 bridgehead atoms. The predicted molar refractivity (Wildman–Crippen MR) is 56.5 cm³/mol. The summed E-state index contributed by atoms with van der Waals surface area (Å²) in [4.78, 5) is 8.17. The molecule has 0 radical (unpaired) electrons. The number of thioether (sulfide) groups is 1. The first-order valence-corrected chi connectivity index (χ1v) is 5.56. The maximum atomic E-state index is 5.78. The van der Waals surface area contributed by atoms with E-state index in [2.05, 4.69) is 16.9 Å². The molecule has 1 aromatic rings. The topological polar surface area (TPSA) is 51.8 Å². The summed E-state index contributed by atoms with van der Waals surface area (Å²) in [6, 6.07) is 0.307. The van der Waals surface area contributed by atoms with Crippen LogP contribution in [0.1, 0.15) is 19.0 Å². The standard InChI is InChI=1S/C9H15N3S/c1-2-8(10)6-13-7-9-5-11-3-4-12-9/h3-5,8H,2,6-7,10H2,1H3. The Labute approximate surface area is 83.2 Å². The van der Waals surface area contributed by atoms with Gasteiger partial charge in [0.1, 0.15) is 0 Å². The third-order valence-electron chi connectivity index (χ3n) is 1.72. The molecule has 1 heterocycles. The average Bonchev–Trinajstić information content (AvgIpc) is 2.19. The van der Waals surface area contributed by atoms with Gasteiger partial charge in [0.05, 0.1) is 5.69 Å². The van der Waals surface area contributed by atoms with Gasteiger partial charge in [-0.15, -0.1) is 0 Å². The zero-order valence-electron chi connectivity index (χ0n) is 7.81. The first-order valence-electron chi connectivity index (χ1n) is 4.41. The Kier molecular flexibility index (Phi) is 4.78. The maximum absolute atomic E-state index is 5.78. The summed E-state index contributed by atoms with van der Waals surface area (Å²) in [5, 5.41) is 0. The van der Waals surface area contributed by atoms with E-state index in [0.717, 1.165) is 23.6 Å². The fraction of sp³-hybridized carbons (Fsp3) is 0.556. The van der Waals surface area contributed by atoms with Crippen LogP contribution >= 0.6 is 11.8 Å². The minimum Gasteiger partial charge on any atom is -0.327 e. The highest BCUT2D eigenvalue weighted by atomic mass is 32.2. The maximum Gasteiger partial charge on any atom is 0.0685 e. The van der Waals surface area contributed by atoms with E-state index in [1.165, 1.54) is 0 Å². The smallest absolute Gasteiger partial charge is 0.0685 e. The molecule has 1 unspecified atom stereocenters. The molecule has 4 heteroatoms. The highest BCUT2D eigenvalue weighted by Gasteiger charge is 1.99. The largest absolute Gasteiger partial charge is 0.327 e. The van der Waals surface area contributed by atoms with Crippen LogP contribution in [0.4, 0.5) is 0 Å². The van der Waals surface area contributed by atoms with Gasteiger partial charge in [-0.3, -0.25) is 9.97 Å². The van der Waals surface area contributed by atoms with Crippen molar-refractivity contribution in [1.29, 1.82) is 0 Å². The summed E-state index contributed by atoms with van der Waals surface area (Å²) in [5.41, 5.74) is 6.80. The minimum atomic E-state index is 0.307. The quantitative estimate of drug-likeness (QED) is 0.776. The Balaban J connectivity index is 2.20. The first-order chi connectivity index (χ1) is 6.33. The summed E-state index contributed by atoms with van der Waals surface area (Å²) in [5.74, 6) is 1.90. The van der Waals surface area contributed by atoms with Crippen molar-refractivity contribution >= 4 is 11.8 Å². The number of nitrogens with two attached hydrogens (primary N) is 1. The van der Waals surface area contributed by atoms with Gasteiger partial charge in [0.15, 0.2) is 0 Å². The monoisotopic (exact) mass is 197 g/mol. The van der Waals surface area contributed by atoms with Gasteiger partial charge < -0.3 is 5.73 Å². The molecule has 0 fully saturated rings. The van der Waals surface area contributed by atoms with E-state index in [0.29, 0.717) is 6.04 Å². The lowest BCUT2D eigenvalue weighted by Crippen LogP contribution is -2.21. The molecular formula is C9H15N3S. The Hall–Kier alpha value is -0.610. The van der Waals surface area contributed by atoms with Crippen LogP contribution in [0.5, 0.6) is 0 Å². The molecule has 13 heavy (non-hydrogen) atoms. The Morgan fingerprint density at radius 1 is 1.54 bits per heavy atom. The SMILES string of the molecule is CCC(N)CSCc1cnccn1. The molecule has 0 saturated heterocycles. The third kappa shape index (κ3) is 4.24. The highest BCUT2D eigenvalue weighted by Crippen LogP contribution is 2.10. The van der Waals surface area contributed by atoms with Crippen molar-refractivity contribution in [2.24, 2.45) is 5.73 Å². The number of hydrogen-bond acceptors (Lipinski definition) is 4. The lowest BCUT2D eigenvalue weighted by molar-refractivity contribution is 0.724. The molecule has 1 rings (SSSR count). The second-order valence-electron chi connectivity index (χ2n) is 2.88. The molecule has 3 nitrogen and oxygen atoms in total. The van der Waals surface area contributed by atoms with Crippen LogP contribution in [0.25, 0.3) is 0 Å². The Morgan fingerprint density at radius 3 is 3.00 bits per heavy atom. The molecule has 1 aromatic heterocycles. The van der Waals surface area contributed by atoms with E-state index in [1.807, 2.05) is 11.8 Å². The van der Waals surface area contributed by atoms with E-state index in [9.17, 15) is 0 Å². The van der Waals surface area contributed by atoms with Crippen LogP contribution in [-0.2, 0) is 5.75 Å². The number of aromatic nitrogens is 2. The fourth-order valence-electron chi connectivity index (χ4n) is 0.837. The molecule has 0 aromatic carbocycles. The van der Waals surface area contributed by atoms with Gasteiger partial charge in [0.25, 0.3) is 0 Å². The van der Waals surface area contributed by atoms with Crippen LogP contribution in [0.2, 0.25) is 0 Å². The molecule has 72 valence electrons. The van der Waals surface area contributed by atoms with Gasteiger partial charge in [0, 0.05) is 36.1 Å².